The first-order valence-corrected chi connectivity index (χ1v) is 7.09. The summed E-state index contributed by atoms with van der Waals surface area (Å²) in [5.74, 6) is 1.17. The molecular formula is C18H14N2O3. The highest BCUT2D eigenvalue weighted by atomic mass is 16.7. The first kappa shape index (κ1) is 14.7. The number of carbonyl (C=O) groups is 1. The zero-order valence-corrected chi connectivity index (χ0v) is 12.3. The fourth-order valence-electron chi connectivity index (χ4n) is 2.17. The van der Waals surface area contributed by atoms with Gasteiger partial charge >= 0.3 is 0 Å². The van der Waals surface area contributed by atoms with Crippen LogP contribution in [0.5, 0.6) is 11.5 Å². The minimum Gasteiger partial charge on any atom is -0.454 e. The SMILES string of the molecule is N#CCc1ccc(NC(=O)/C=C/c2ccc3c(c2)OCO3)cc1. The number of nitriles is 1. The predicted octanol–water partition coefficient (Wildman–Crippen LogP) is 3.13. The van der Waals surface area contributed by atoms with Crippen molar-refractivity contribution in [2.24, 2.45) is 0 Å². The Hall–Kier alpha value is -3.26. The van der Waals surface area contributed by atoms with E-state index >= 15 is 0 Å². The number of nitrogens with one attached hydrogen (secondary N) is 1. The van der Waals surface area contributed by atoms with Crippen molar-refractivity contribution >= 4 is 17.7 Å². The number of hydrogen-bond acceptors (Lipinski definition) is 4. The van der Waals surface area contributed by atoms with Gasteiger partial charge in [-0.25, -0.2) is 0 Å². The second-order valence-electron chi connectivity index (χ2n) is 4.97. The molecule has 0 bridgehead atoms. The fraction of sp³-hybridized carbons (Fsp3) is 0.111. The Balaban J connectivity index is 1.61. The molecule has 1 heterocycles. The molecule has 23 heavy (non-hydrogen) atoms. The molecule has 0 unspecified atom stereocenters. The Labute approximate surface area is 133 Å². The zero-order chi connectivity index (χ0) is 16.1. The average Bonchev–Trinajstić information content (AvgIpc) is 3.03. The predicted molar refractivity (Wildman–Crippen MR) is 86.0 cm³/mol. The molecule has 0 spiro atoms. The van der Waals surface area contributed by atoms with E-state index < -0.39 is 0 Å². The molecule has 114 valence electrons. The maximum Gasteiger partial charge on any atom is 0.248 e. The molecule has 1 aliphatic heterocycles. The topological polar surface area (TPSA) is 71.4 Å². The Morgan fingerprint density at radius 2 is 1.96 bits per heavy atom. The molecule has 5 heteroatoms. The lowest BCUT2D eigenvalue weighted by Gasteiger charge is -2.03. The minimum absolute atomic E-state index is 0.226. The summed E-state index contributed by atoms with van der Waals surface area (Å²) in [5, 5.41) is 11.4. The molecule has 2 aromatic carbocycles. The summed E-state index contributed by atoms with van der Waals surface area (Å²) < 4.78 is 10.5. The van der Waals surface area contributed by atoms with Crippen LogP contribution in [0, 0.1) is 11.3 Å². The van der Waals surface area contributed by atoms with E-state index in [4.69, 9.17) is 14.7 Å². The second kappa shape index (κ2) is 6.67. The molecule has 1 aliphatic rings. The van der Waals surface area contributed by atoms with Crippen molar-refractivity contribution in [3.63, 3.8) is 0 Å². The molecule has 2 aromatic rings. The number of benzene rings is 2. The maximum absolute atomic E-state index is 11.9. The van der Waals surface area contributed by atoms with Gasteiger partial charge in [0.15, 0.2) is 11.5 Å². The van der Waals surface area contributed by atoms with Gasteiger partial charge in [-0.3, -0.25) is 4.79 Å². The van der Waals surface area contributed by atoms with E-state index in [1.54, 1.807) is 18.2 Å². The third-order valence-corrected chi connectivity index (χ3v) is 3.33. The highest BCUT2D eigenvalue weighted by Gasteiger charge is 2.12. The average molecular weight is 306 g/mol. The number of carbonyl (C=O) groups excluding carboxylic acids is 1. The van der Waals surface area contributed by atoms with Gasteiger partial charge in [0.25, 0.3) is 0 Å². The summed E-state index contributed by atoms with van der Waals surface area (Å²) in [6.07, 6.45) is 3.53. The molecular weight excluding hydrogens is 292 g/mol. The molecule has 0 aliphatic carbocycles. The van der Waals surface area contributed by atoms with E-state index in [1.165, 1.54) is 6.08 Å². The van der Waals surface area contributed by atoms with Crippen molar-refractivity contribution in [2.75, 3.05) is 12.1 Å². The molecule has 1 N–H and O–H groups in total. The fourth-order valence-corrected chi connectivity index (χ4v) is 2.17. The number of rotatable bonds is 4. The van der Waals surface area contributed by atoms with E-state index in [0.29, 0.717) is 23.6 Å². The van der Waals surface area contributed by atoms with Crippen molar-refractivity contribution in [1.82, 2.24) is 0 Å². The third kappa shape index (κ3) is 3.69. The number of anilines is 1. The van der Waals surface area contributed by atoms with Crippen LogP contribution >= 0.6 is 0 Å². The largest absolute Gasteiger partial charge is 0.454 e. The quantitative estimate of drug-likeness (QED) is 0.881. The van der Waals surface area contributed by atoms with Gasteiger partial charge in [-0.05, 0) is 41.5 Å². The number of nitrogens with zero attached hydrogens (tertiary/aromatic N) is 1. The van der Waals surface area contributed by atoms with Crippen LogP contribution in [0.25, 0.3) is 6.08 Å². The standard InChI is InChI=1S/C18H14N2O3/c19-10-9-13-1-5-15(6-2-13)20-18(21)8-4-14-3-7-16-17(11-14)23-12-22-16/h1-8,11H,9,12H2,(H,20,21)/b8-4+. The second-order valence-corrected chi connectivity index (χ2v) is 4.97. The number of hydrogen-bond donors (Lipinski definition) is 1. The molecule has 0 saturated heterocycles. The van der Waals surface area contributed by atoms with Crippen LogP contribution in [0.4, 0.5) is 5.69 Å². The summed E-state index contributed by atoms with van der Waals surface area (Å²) in [5.41, 5.74) is 2.46. The van der Waals surface area contributed by atoms with Gasteiger partial charge in [-0.1, -0.05) is 18.2 Å². The van der Waals surface area contributed by atoms with E-state index in [0.717, 1.165) is 11.1 Å². The molecule has 0 atom stereocenters. The molecule has 0 saturated carbocycles. The van der Waals surface area contributed by atoms with E-state index in [9.17, 15) is 4.79 Å². The van der Waals surface area contributed by atoms with Gasteiger partial charge in [0, 0.05) is 11.8 Å². The van der Waals surface area contributed by atoms with Gasteiger partial charge in [0.05, 0.1) is 12.5 Å². The van der Waals surface area contributed by atoms with E-state index in [-0.39, 0.29) is 12.7 Å². The highest BCUT2D eigenvalue weighted by molar-refractivity contribution is 6.01. The number of fused-ring (bicyclic) bond motifs is 1. The van der Waals surface area contributed by atoms with Gasteiger partial charge in [-0.15, -0.1) is 0 Å². The molecule has 5 nitrogen and oxygen atoms in total. The van der Waals surface area contributed by atoms with Crippen LogP contribution in [0.15, 0.2) is 48.5 Å². The lowest BCUT2D eigenvalue weighted by Crippen LogP contribution is -2.07. The molecule has 1 amide bonds. The first-order chi connectivity index (χ1) is 11.2. The summed E-state index contributed by atoms with van der Waals surface area (Å²) in [7, 11) is 0. The Kier molecular flexibility index (Phi) is 4.25. The van der Waals surface area contributed by atoms with E-state index in [1.807, 2.05) is 30.3 Å². The number of ether oxygens (including phenoxy) is 2. The van der Waals surface area contributed by atoms with Crippen LogP contribution in [0.3, 0.4) is 0 Å². The van der Waals surface area contributed by atoms with Crippen LogP contribution in [-0.4, -0.2) is 12.7 Å². The maximum atomic E-state index is 11.9. The van der Waals surface area contributed by atoms with Crippen LogP contribution in [0.2, 0.25) is 0 Å². The van der Waals surface area contributed by atoms with Crippen LogP contribution < -0.4 is 14.8 Å². The van der Waals surface area contributed by atoms with Crippen molar-refractivity contribution in [3.8, 4) is 17.6 Å². The first-order valence-electron chi connectivity index (χ1n) is 7.09. The third-order valence-electron chi connectivity index (χ3n) is 3.33. The van der Waals surface area contributed by atoms with E-state index in [2.05, 4.69) is 11.4 Å². The lowest BCUT2D eigenvalue weighted by atomic mass is 10.1. The molecule has 3 rings (SSSR count). The van der Waals surface area contributed by atoms with Crippen molar-refractivity contribution in [2.45, 2.75) is 6.42 Å². The Morgan fingerprint density at radius 1 is 1.17 bits per heavy atom. The van der Waals surface area contributed by atoms with Crippen molar-refractivity contribution in [1.29, 1.82) is 5.26 Å². The lowest BCUT2D eigenvalue weighted by molar-refractivity contribution is -0.111. The molecule has 0 fully saturated rings. The summed E-state index contributed by atoms with van der Waals surface area (Å²) in [4.78, 5) is 11.9. The normalized spacial score (nSPS) is 12.1. The Morgan fingerprint density at radius 3 is 2.74 bits per heavy atom. The minimum atomic E-state index is -0.226. The monoisotopic (exact) mass is 306 g/mol. The summed E-state index contributed by atoms with van der Waals surface area (Å²) in [6, 6.07) is 14.8. The van der Waals surface area contributed by atoms with Gasteiger partial charge in [-0.2, -0.15) is 5.26 Å². The highest BCUT2D eigenvalue weighted by Crippen LogP contribution is 2.32. The number of amides is 1. The van der Waals surface area contributed by atoms with Gasteiger partial charge in [0.1, 0.15) is 0 Å². The summed E-state index contributed by atoms with van der Waals surface area (Å²) in [6.45, 7) is 0.227. The Bertz CT molecular complexity index is 789. The van der Waals surface area contributed by atoms with Crippen molar-refractivity contribution < 1.29 is 14.3 Å². The molecule has 0 aromatic heterocycles. The van der Waals surface area contributed by atoms with Gasteiger partial charge in [0.2, 0.25) is 12.7 Å². The van der Waals surface area contributed by atoms with Crippen molar-refractivity contribution in [3.05, 3.63) is 59.7 Å². The zero-order valence-electron chi connectivity index (χ0n) is 12.3. The van der Waals surface area contributed by atoms with Gasteiger partial charge < -0.3 is 14.8 Å². The smallest absolute Gasteiger partial charge is 0.248 e. The summed E-state index contributed by atoms with van der Waals surface area (Å²) >= 11 is 0. The molecule has 0 radical (unpaired) electrons. The van der Waals surface area contributed by atoms with Crippen LogP contribution in [-0.2, 0) is 11.2 Å². The van der Waals surface area contributed by atoms with Crippen LogP contribution in [0.1, 0.15) is 11.1 Å².